The number of hydrogen-bond donors (Lipinski definition) is 1. The average molecular weight is 379 g/mol. The Hall–Kier alpha value is -2.02. The zero-order valence-electron chi connectivity index (χ0n) is 14.0. The van der Waals surface area contributed by atoms with Crippen molar-refractivity contribution in [3.05, 3.63) is 64.8 Å². The van der Waals surface area contributed by atoms with Gasteiger partial charge in [0.2, 0.25) is 10.0 Å². The molecule has 0 saturated carbocycles. The van der Waals surface area contributed by atoms with Crippen molar-refractivity contribution in [3.63, 3.8) is 0 Å². The molecular weight excluding hydrogens is 360 g/mol. The first kappa shape index (κ1) is 17.8. The minimum absolute atomic E-state index is 0.0851. The van der Waals surface area contributed by atoms with Crippen LogP contribution < -0.4 is 9.46 Å². The van der Waals surface area contributed by atoms with E-state index in [1.807, 2.05) is 36.0 Å². The van der Waals surface area contributed by atoms with Crippen LogP contribution in [0.4, 0.5) is 0 Å². The van der Waals surface area contributed by atoms with E-state index in [1.165, 1.54) is 0 Å². The lowest BCUT2D eigenvalue weighted by atomic mass is 10.1. The Kier molecular flexibility index (Phi) is 5.03. The van der Waals surface area contributed by atoms with E-state index in [1.54, 1.807) is 31.4 Å². The Balaban J connectivity index is 1.78. The number of fused-ring (bicyclic) bond motifs is 1. The summed E-state index contributed by atoms with van der Waals surface area (Å²) in [4.78, 5) is 0. The number of nitrogens with zero attached hydrogens (tertiary/aromatic N) is 1. The zero-order chi connectivity index (χ0) is 18.0. The smallest absolute Gasteiger partial charge is 0.216 e. The summed E-state index contributed by atoms with van der Waals surface area (Å²) >= 11 is 5.83. The van der Waals surface area contributed by atoms with Gasteiger partial charge in [-0.05, 0) is 41.5 Å². The molecule has 0 radical (unpaired) electrons. The number of benzene rings is 2. The number of aromatic nitrogens is 1. The highest BCUT2D eigenvalue weighted by molar-refractivity contribution is 7.88. The lowest BCUT2D eigenvalue weighted by Crippen LogP contribution is -2.24. The molecular formula is C18H19ClN2O3S. The van der Waals surface area contributed by atoms with Crippen LogP contribution in [0.1, 0.15) is 11.1 Å². The van der Waals surface area contributed by atoms with Crippen molar-refractivity contribution in [3.8, 4) is 5.75 Å². The molecule has 0 spiro atoms. The number of hydrogen-bond acceptors (Lipinski definition) is 3. The van der Waals surface area contributed by atoms with Crippen LogP contribution in [-0.2, 0) is 29.4 Å². The molecule has 3 aromatic rings. The second-order valence-electron chi connectivity index (χ2n) is 5.85. The highest BCUT2D eigenvalue weighted by Gasteiger charge is 2.14. The number of sulfonamides is 1. The highest BCUT2D eigenvalue weighted by Crippen LogP contribution is 2.25. The molecule has 0 saturated heterocycles. The van der Waals surface area contributed by atoms with Crippen LogP contribution in [-0.4, -0.2) is 20.1 Å². The van der Waals surface area contributed by atoms with Gasteiger partial charge in [-0.2, -0.15) is 0 Å². The maximum absolute atomic E-state index is 12.3. The van der Waals surface area contributed by atoms with E-state index >= 15 is 0 Å². The van der Waals surface area contributed by atoms with E-state index in [9.17, 15) is 8.42 Å². The third-order valence-corrected chi connectivity index (χ3v) is 5.58. The normalized spacial score (nSPS) is 11.8. The Labute approximate surface area is 152 Å². The van der Waals surface area contributed by atoms with Gasteiger partial charge in [-0.15, -0.1) is 0 Å². The third-order valence-electron chi connectivity index (χ3n) is 4.03. The Morgan fingerprint density at radius 2 is 1.88 bits per heavy atom. The molecule has 1 N–H and O–H groups in total. The number of rotatable bonds is 6. The molecule has 0 fully saturated rings. The van der Waals surface area contributed by atoms with Crippen LogP contribution in [0, 0.1) is 0 Å². The second-order valence-corrected chi connectivity index (χ2v) is 8.10. The van der Waals surface area contributed by atoms with Crippen LogP contribution in [0.15, 0.2) is 48.7 Å². The van der Waals surface area contributed by atoms with Gasteiger partial charge in [0.15, 0.2) is 0 Å². The lowest BCUT2D eigenvalue weighted by molar-refractivity contribution is 0.415. The van der Waals surface area contributed by atoms with Crippen LogP contribution in [0.3, 0.4) is 0 Å². The zero-order valence-corrected chi connectivity index (χ0v) is 15.6. The fraction of sp³-hybridized carbons (Fsp3) is 0.222. The Bertz CT molecular complexity index is 995. The first-order valence-electron chi connectivity index (χ1n) is 7.72. The number of nitrogens with one attached hydrogen (secondary N) is 1. The third kappa shape index (κ3) is 4.15. The van der Waals surface area contributed by atoms with Crippen LogP contribution in [0.2, 0.25) is 5.02 Å². The van der Waals surface area contributed by atoms with E-state index < -0.39 is 10.0 Å². The first-order chi connectivity index (χ1) is 11.9. The summed E-state index contributed by atoms with van der Waals surface area (Å²) in [6, 6.07) is 12.6. The summed E-state index contributed by atoms with van der Waals surface area (Å²) in [5.41, 5.74) is 2.61. The summed E-state index contributed by atoms with van der Waals surface area (Å²) in [6.45, 7) is 0.223. The lowest BCUT2D eigenvalue weighted by Gasteiger charge is -2.07. The summed E-state index contributed by atoms with van der Waals surface area (Å²) in [5.74, 6) is 0.655. The van der Waals surface area contributed by atoms with Gasteiger partial charge in [0.25, 0.3) is 0 Å². The molecule has 1 aromatic heterocycles. The number of aryl methyl sites for hydroxylation is 1. The van der Waals surface area contributed by atoms with E-state index in [4.69, 9.17) is 16.3 Å². The van der Waals surface area contributed by atoms with Gasteiger partial charge in [-0.1, -0.05) is 23.7 Å². The quantitative estimate of drug-likeness (QED) is 0.714. The van der Waals surface area contributed by atoms with Crippen LogP contribution in [0.5, 0.6) is 5.75 Å². The van der Waals surface area contributed by atoms with Crippen molar-refractivity contribution in [1.82, 2.24) is 9.29 Å². The molecule has 0 amide bonds. The summed E-state index contributed by atoms with van der Waals surface area (Å²) in [6.07, 6.45) is 1.93. The SMILES string of the molecule is COc1ccc2c(c1)c(CNS(=O)(=O)Cc1ccc(Cl)cc1)cn2C. The molecule has 0 aliphatic carbocycles. The monoisotopic (exact) mass is 378 g/mol. The van der Waals surface area contributed by atoms with E-state index in [-0.39, 0.29) is 12.3 Å². The van der Waals surface area contributed by atoms with Crippen molar-refractivity contribution in [2.24, 2.45) is 7.05 Å². The molecule has 0 atom stereocenters. The summed E-state index contributed by atoms with van der Waals surface area (Å²) < 4.78 is 34.6. The molecule has 0 aliphatic rings. The van der Waals surface area contributed by atoms with Crippen molar-refractivity contribution in [2.45, 2.75) is 12.3 Å². The topological polar surface area (TPSA) is 60.3 Å². The second kappa shape index (κ2) is 7.07. The van der Waals surface area contributed by atoms with E-state index in [0.717, 1.165) is 22.2 Å². The van der Waals surface area contributed by atoms with Crippen molar-refractivity contribution in [2.75, 3.05) is 7.11 Å². The van der Waals surface area contributed by atoms with Gasteiger partial charge in [0.05, 0.1) is 12.9 Å². The molecule has 7 heteroatoms. The van der Waals surface area contributed by atoms with Gasteiger partial charge in [-0.3, -0.25) is 0 Å². The molecule has 3 rings (SSSR count). The molecule has 0 aliphatic heterocycles. The standard InChI is InChI=1S/C18H19ClN2O3S/c1-21-11-14(17-9-16(24-2)7-8-18(17)21)10-20-25(22,23)12-13-3-5-15(19)6-4-13/h3-9,11,20H,10,12H2,1-2H3. The first-order valence-corrected chi connectivity index (χ1v) is 9.75. The summed E-state index contributed by atoms with van der Waals surface area (Å²) in [5, 5.41) is 1.55. The maximum Gasteiger partial charge on any atom is 0.216 e. The largest absolute Gasteiger partial charge is 0.497 e. The molecule has 25 heavy (non-hydrogen) atoms. The molecule has 0 unspecified atom stereocenters. The van der Waals surface area contributed by atoms with Gasteiger partial charge < -0.3 is 9.30 Å². The predicted octanol–water partition coefficient (Wildman–Crippen LogP) is 3.46. The van der Waals surface area contributed by atoms with Crippen LogP contribution in [0.25, 0.3) is 10.9 Å². The van der Waals surface area contributed by atoms with E-state index in [2.05, 4.69) is 4.72 Å². The predicted molar refractivity (Wildman–Crippen MR) is 100 cm³/mol. The molecule has 0 bridgehead atoms. The minimum Gasteiger partial charge on any atom is -0.497 e. The van der Waals surface area contributed by atoms with Crippen LogP contribution >= 0.6 is 11.6 Å². The number of halogens is 1. The molecule has 5 nitrogen and oxygen atoms in total. The van der Waals surface area contributed by atoms with Crippen molar-refractivity contribution in [1.29, 1.82) is 0 Å². The van der Waals surface area contributed by atoms with Crippen molar-refractivity contribution < 1.29 is 13.2 Å². The number of methoxy groups -OCH3 is 1. The average Bonchev–Trinajstić information content (AvgIpc) is 2.90. The molecule has 132 valence electrons. The van der Waals surface area contributed by atoms with Gasteiger partial charge in [0, 0.05) is 35.7 Å². The van der Waals surface area contributed by atoms with E-state index in [0.29, 0.717) is 10.6 Å². The van der Waals surface area contributed by atoms with Crippen molar-refractivity contribution >= 4 is 32.5 Å². The Morgan fingerprint density at radius 3 is 2.56 bits per heavy atom. The van der Waals surface area contributed by atoms with Gasteiger partial charge in [-0.25, -0.2) is 13.1 Å². The fourth-order valence-corrected chi connectivity index (χ4v) is 3.99. The Morgan fingerprint density at radius 1 is 1.16 bits per heavy atom. The fourth-order valence-electron chi connectivity index (χ4n) is 2.76. The maximum atomic E-state index is 12.3. The molecule has 2 aromatic carbocycles. The summed E-state index contributed by atoms with van der Waals surface area (Å²) in [7, 11) is 0.0865. The highest BCUT2D eigenvalue weighted by atomic mass is 35.5. The minimum atomic E-state index is -3.45. The van der Waals surface area contributed by atoms with Gasteiger partial charge >= 0.3 is 0 Å². The number of ether oxygens (including phenoxy) is 1. The molecule has 1 heterocycles. The van der Waals surface area contributed by atoms with Gasteiger partial charge in [0.1, 0.15) is 5.75 Å².